The lowest BCUT2D eigenvalue weighted by Gasteiger charge is -1.98. The summed E-state index contributed by atoms with van der Waals surface area (Å²) in [7, 11) is 0. The molecule has 0 atom stereocenters. The third-order valence-corrected chi connectivity index (χ3v) is 2.74. The summed E-state index contributed by atoms with van der Waals surface area (Å²) >= 11 is 7.48. The van der Waals surface area contributed by atoms with Gasteiger partial charge in [0.1, 0.15) is 0 Å². The highest BCUT2D eigenvalue weighted by Gasteiger charge is 2.15. The first-order valence-corrected chi connectivity index (χ1v) is 4.30. The lowest BCUT2D eigenvalue weighted by molar-refractivity contribution is -0.385. The Balaban J connectivity index is 3.33. The smallest absolute Gasteiger partial charge is 0.312 e. The van der Waals surface area contributed by atoms with Crippen molar-refractivity contribution in [2.45, 2.75) is 0 Å². The molecule has 12 heavy (non-hydrogen) atoms. The highest BCUT2D eigenvalue weighted by atomic mass is 127. The van der Waals surface area contributed by atoms with Crippen molar-refractivity contribution < 1.29 is 10.0 Å². The minimum Gasteiger partial charge on any atom is -0.502 e. The number of nitro groups is 1. The van der Waals surface area contributed by atoms with Crippen LogP contribution in [0, 0.1) is 13.7 Å². The molecule has 0 bridgehead atoms. The van der Waals surface area contributed by atoms with Gasteiger partial charge in [0.05, 0.1) is 9.95 Å². The molecule has 0 spiro atoms. The van der Waals surface area contributed by atoms with E-state index in [-0.39, 0.29) is 16.5 Å². The molecule has 0 aliphatic carbocycles. The third-order valence-electron chi connectivity index (χ3n) is 1.21. The molecule has 4 nitrogen and oxygen atoms in total. The zero-order valence-corrected chi connectivity index (χ0v) is 8.53. The first kappa shape index (κ1) is 9.53. The Kier molecular flexibility index (Phi) is 2.73. The number of phenols is 1. The summed E-state index contributed by atoms with van der Waals surface area (Å²) in [4.78, 5) is 9.59. The van der Waals surface area contributed by atoms with Gasteiger partial charge in [-0.3, -0.25) is 10.1 Å². The van der Waals surface area contributed by atoms with Gasteiger partial charge < -0.3 is 5.11 Å². The van der Waals surface area contributed by atoms with Crippen molar-refractivity contribution in [1.29, 1.82) is 0 Å². The SMILES string of the molecule is O=[N+]([O-])c1cc(Cl)c(I)cc1O. The minimum absolute atomic E-state index is 0.264. The molecule has 0 heterocycles. The zero-order valence-electron chi connectivity index (χ0n) is 5.62. The van der Waals surface area contributed by atoms with Crippen molar-refractivity contribution in [2.24, 2.45) is 0 Å². The summed E-state index contributed by atoms with van der Waals surface area (Å²) in [5, 5.41) is 19.6. The molecule has 0 aromatic heterocycles. The molecule has 1 aromatic carbocycles. The van der Waals surface area contributed by atoms with E-state index < -0.39 is 4.92 Å². The van der Waals surface area contributed by atoms with E-state index in [0.717, 1.165) is 6.07 Å². The van der Waals surface area contributed by atoms with Crippen LogP contribution in [0.4, 0.5) is 5.69 Å². The summed E-state index contributed by atoms with van der Waals surface area (Å²) in [6.07, 6.45) is 0. The normalized spacial score (nSPS) is 9.83. The van der Waals surface area contributed by atoms with Gasteiger partial charge in [0.15, 0.2) is 5.75 Å². The quantitative estimate of drug-likeness (QED) is 0.492. The van der Waals surface area contributed by atoms with Crippen LogP contribution in [0.2, 0.25) is 5.02 Å². The second-order valence-electron chi connectivity index (χ2n) is 2.01. The second-order valence-corrected chi connectivity index (χ2v) is 3.58. The van der Waals surface area contributed by atoms with E-state index in [1.54, 1.807) is 0 Å². The summed E-state index contributed by atoms with van der Waals surface area (Å²) in [5.41, 5.74) is -0.375. The van der Waals surface area contributed by atoms with Crippen LogP contribution in [0.25, 0.3) is 0 Å². The Morgan fingerprint density at radius 2 is 2.17 bits per heavy atom. The maximum absolute atomic E-state index is 10.3. The van der Waals surface area contributed by atoms with Crippen LogP contribution >= 0.6 is 34.2 Å². The van der Waals surface area contributed by atoms with E-state index in [1.807, 2.05) is 22.6 Å². The fraction of sp³-hybridized carbons (Fsp3) is 0. The van der Waals surface area contributed by atoms with Gasteiger partial charge >= 0.3 is 5.69 Å². The molecular weight excluding hydrogens is 296 g/mol. The molecule has 0 aliphatic rings. The van der Waals surface area contributed by atoms with Crippen molar-refractivity contribution >= 4 is 39.9 Å². The van der Waals surface area contributed by atoms with Crippen molar-refractivity contribution in [3.63, 3.8) is 0 Å². The van der Waals surface area contributed by atoms with Gasteiger partial charge in [-0.1, -0.05) is 11.6 Å². The van der Waals surface area contributed by atoms with Gasteiger partial charge in [0.25, 0.3) is 0 Å². The molecule has 0 radical (unpaired) electrons. The molecule has 0 unspecified atom stereocenters. The Morgan fingerprint density at radius 3 is 2.67 bits per heavy atom. The van der Waals surface area contributed by atoms with Crippen molar-refractivity contribution in [3.8, 4) is 5.75 Å². The number of rotatable bonds is 1. The molecule has 6 heteroatoms. The molecule has 1 N–H and O–H groups in total. The van der Waals surface area contributed by atoms with Crippen LogP contribution in [-0.2, 0) is 0 Å². The van der Waals surface area contributed by atoms with E-state index >= 15 is 0 Å². The molecule has 1 aromatic rings. The largest absolute Gasteiger partial charge is 0.502 e. The lowest BCUT2D eigenvalue weighted by Crippen LogP contribution is -1.89. The van der Waals surface area contributed by atoms with Crippen LogP contribution in [0.1, 0.15) is 0 Å². The molecule has 0 fully saturated rings. The van der Waals surface area contributed by atoms with Crippen LogP contribution < -0.4 is 0 Å². The number of phenolic OH excluding ortho intramolecular Hbond substituents is 1. The average Bonchev–Trinajstić information content (AvgIpc) is 1.96. The first-order chi connectivity index (χ1) is 5.52. The summed E-state index contributed by atoms with van der Waals surface area (Å²) in [6, 6.07) is 2.37. The molecular formula is C6H3ClINO3. The Hall–Kier alpha value is -0.560. The summed E-state index contributed by atoms with van der Waals surface area (Å²) in [5.74, 6) is -0.367. The number of nitro benzene ring substituents is 1. The van der Waals surface area contributed by atoms with Gasteiger partial charge in [0, 0.05) is 15.7 Å². The van der Waals surface area contributed by atoms with Crippen molar-refractivity contribution in [2.75, 3.05) is 0 Å². The molecule has 0 saturated heterocycles. The maximum atomic E-state index is 10.3. The first-order valence-electron chi connectivity index (χ1n) is 2.85. The minimum atomic E-state index is -0.683. The van der Waals surface area contributed by atoms with Crippen LogP contribution in [-0.4, -0.2) is 10.0 Å². The number of hydrogen-bond donors (Lipinski definition) is 1. The number of halogens is 2. The molecule has 64 valence electrons. The fourth-order valence-corrected chi connectivity index (χ4v) is 1.28. The van der Waals surface area contributed by atoms with Gasteiger partial charge in [-0.2, -0.15) is 0 Å². The monoisotopic (exact) mass is 299 g/mol. The van der Waals surface area contributed by atoms with Crippen molar-refractivity contribution in [3.05, 3.63) is 30.8 Å². The standard InChI is InChI=1S/C6H3ClINO3/c7-3-1-5(9(11)12)6(10)2-4(3)8/h1-2,10H. The van der Waals surface area contributed by atoms with E-state index in [2.05, 4.69) is 0 Å². The van der Waals surface area contributed by atoms with Crippen LogP contribution in [0.3, 0.4) is 0 Å². The Labute approximate surface area is 86.4 Å². The van der Waals surface area contributed by atoms with Gasteiger partial charge in [-0.05, 0) is 22.6 Å². The topological polar surface area (TPSA) is 63.4 Å². The van der Waals surface area contributed by atoms with Crippen LogP contribution in [0.15, 0.2) is 12.1 Å². The van der Waals surface area contributed by atoms with Gasteiger partial charge in [0.2, 0.25) is 0 Å². The number of benzene rings is 1. The van der Waals surface area contributed by atoms with Gasteiger partial charge in [-0.15, -0.1) is 0 Å². The third kappa shape index (κ3) is 1.78. The number of nitrogens with zero attached hydrogens (tertiary/aromatic N) is 1. The fourth-order valence-electron chi connectivity index (χ4n) is 0.672. The number of hydrogen-bond acceptors (Lipinski definition) is 3. The zero-order chi connectivity index (χ0) is 9.30. The molecule has 0 amide bonds. The van der Waals surface area contributed by atoms with E-state index in [1.165, 1.54) is 6.07 Å². The predicted molar refractivity (Wildman–Crippen MR) is 52.5 cm³/mol. The van der Waals surface area contributed by atoms with E-state index in [4.69, 9.17) is 16.7 Å². The van der Waals surface area contributed by atoms with E-state index in [9.17, 15) is 10.1 Å². The van der Waals surface area contributed by atoms with Crippen molar-refractivity contribution in [1.82, 2.24) is 0 Å². The lowest BCUT2D eigenvalue weighted by atomic mass is 10.3. The summed E-state index contributed by atoms with van der Waals surface area (Å²) < 4.78 is 0.581. The average molecular weight is 299 g/mol. The summed E-state index contributed by atoms with van der Waals surface area (Å²) in [6.45, 7) is 0. The Morgan fingerprint density at radius 1 is 1.58 bits per heavy atom. The second kappa shape index (κ2) is 3.44. The Bertz CT molecular complexity index is 342. The highest BCUT2D eigenvalue weighted by Crippen LogP contribution is 2.32. The molecule has 0 saturated carbocycles. The number of aromatic hydroxyl groups is 1. The van der Waals surface area contributed by atoms with E-state index in [0.29, 0.717) is 3.57 Å². The highest BCUT2D eigenvalue weighted by molar-refractivity contribution is 14.1. The predicted octanol–water partition coefficient (Wildman–Crippen LogP) is 2.56. The van der Waals surface area contributed by atoms with Gasteiger partial charge in [-0.25, -0.2) is 0 Å². The molecule has 0 aliphatic heterocycles. The van der Waals surface area contributed by atoms with Crippen LogP contribution in [0.5, 0.6) is 5.75 Å². The molecule has 1 rings (SSSR count). The maximum Gasteiger partial charge on any atom is 0.312 e.